The molecule has 1 aliphatic heterocycles. The summed E-state index contributed by atoms with van der Waals surface area (Å²) in [7, 11) is 0. The third-order valence-electron chi connectivity index (χ3n) is 6.22. The molecular formula is C28H24N6. The summed E-state index contributed by atoms with van der Waals surface area (Å²) in [6, 6.07) is 12.4. The highest BCUT2D eigenvalue weighted by atomic mass is 15.1. The molecule has 4 aromatic rings. The first-order valence-corrected chi connectivity index (χ1v) is 11.5. The molecule has 2 aliphatic rings. The molecular weight excluding hydrogens is 420 g/mol. The summed E-state index contributed by atoms with van der Waals surface area (Å²) in [6.45, 7) is 3.86. The second-order valence-corrected chi connectivity index (χ2v) is 8.55. The first-order valence-electron chi connectivity index (χ1n) is 11.5. The molecule has 0 aromatic carbocycles. The first-order chi connectivity index (χ1) is 16.7. The minimum atomic E-state index is 0.839. The van der Waals surface area contributed by atoms with E-state index in [1.54, 1.807) is 0 Å². The number of nitrogens with one attached hydrogen (secondary N) is 2. The van der Waals surface area contributed by atoms with Crippen LogP contribution in [0.5, 0.6) is 0 Å². The van der Waals surface area contributed by atoms with Crippen LogP contribution in [0.25, 0.3) is 40.4 Å². The van der Waals surface area contributed by atoms with Crippen molar-refractivity contribution in [2.45, 2.75) is 19.9 Å². The van der Waals surface area contributed by atoms with E-state index in [9.17, 15) is 0 Å². The molecule has 6 heteroatoms. The lowest BCUT2D eigenvalue weighted by Gasteiger charge is -2.17. The van der Waals surface area contributed by atoms with Gasteiger partial charge in [-0.25, -0.2) is 0 Å². The van der Waals surface area contributed by atoms with Crippen molar-refractivity contribution < 1.29 is 0 Å². The Labute approximate surface area is 198 Å². The first kappa shape index (κ1) is 20.4. The minimum absolute atomic E-state index is 0.839. The van der Waals surface area contributed by atoms with Crippen LogP contribution in [-0.2, 0) is 13.0 Å². The summed E-state index contributed by atoms with van der Waals surface area (Å²) in [4.78, 5) is 14.3. The quantitative estimate of drug-likeness (QED) is 0.465. The summed E-state index contributed by atoms with van der Waals surface area (Å²) in [5, 5.41) is 10.9. The standard InChI is InChI=1S/C28H24N6/c1-18-4-2-7-27(32-18)28-23(17-31-34-28)19-5-3-6-20-14-22(16-30-24(20)10-8-19)25-11-9-21-15-29-13-12-26(21)33-25/h2-11,14,16-17,29H,12-13,15H2,1H3,(H,31,34)/b5-3?,6-3+,10-8-,19-5-,19-8?,20-6?,24-10?. The topological polar surface area (TPSA) is 79.4 Å². The number of nitrogens with zero attached hydrogens (tertiary/aromatic N) is 4. The number of fused-ring (bicyclic) bond motifs is 2. The van der Waals surface area contributed by atoms with Crippen LogP contribution < -0.4 is 5.32 Å². The monoisotopic (exact) mass is 444 g/mol. The number of aryl methyl sites for hydroxylation is 1. The third kappa shape index (κ3) is 3.89. The highest BCUT2D eigenvalue weighted by Crippen LogP contribution is 2.30. The number of H-pyrrole nitrogens is 1. The van der Waals surface area contributed by atoms with Crippen LogP contribution in [0, 0.1) is 6.92 Å². The molecule has 6 nitrogen and oxygen atoms in total. The van der Waals surface area contributed by atoms with Crippen LogP contribution in [0.15, 0.2) is 67.0 Å². The molecule has 2 N–H and O–H groups in total. The fraction of sp³-hybridized carbons (Fsp3) is 0.143. The van der Waals surface area contributed by atoms with E-state index < -0.39 is 0 Å². The number of rotatable bonds is 3. The summed E-state index contributed by atoms with van der Waals surface area (Å²) >= 11 is 0. The van der Waals surface area contributed by atoms with Gasteiger partial charge in [-0.3, -0.25) is 20.1 Å². The number of aromatic amines is 1. The molecule has 0 amide bonds. The van der Waals surface area contributed by atoms with Gasteiger partial charge in [0.25, 0.3) is 0 Å². The van der Waals surface area contributed by atoms with Gasteiger partial charge in [-0.1, -0.05) is 36.4 Å². The normalized spacial score (nSPS) is 18.1. The van der Waals surface area contributed by atoms with Crippen molar-refractivity contribution >= 4 is 17.7 Å². The van der Waals surface area contributed by atoms with Crippen molar-refractivity contribution in [3.05, 3.63) is 101 Å². The highest BCUT2D eigenvalue weighted by Gasteiger charge is 2.15. The van der Waals surface area contributed by atoms with Gasteiger partial charge in [-0.2, -0.15) is 5.10 Å². The molecule has 0 bridgehead atoms. The molecule has 1 aliphatic carbocycles. The maximum atomic E-state index is 4.91. The van der Waals surface area contributed by atoms with Gasteiger partial charge < -0.3 is 5.32 Å². The van der Waals surface area contributed by atoms with Crippen LogP contribution in [0.1, 0.15) is 33.8 Å². The Balaban J connectivity index is 1.32. The summed E-state index contributed by atoms with van der Waals surface area (Å²) in [5.74, 6) is 0. The van der Waals surface area contributed by atoms with E-state index in [4.69, 9.17) is 9.97 Å². The van der Waals surface area contributed by atoms with E-state index in [-0.39, 0.29) is 0 Å². The Morgan fingerprint density at radius 1 is 0.971 bits per heavy atom. The van der Waals surface area contributed by atoms with Gasteiger partial charge in [0.15, 0.2) is 0 Å². The van der Waals surface area contributed by atoms with Crippen LogP contribution in [0.3, 0.4) is 0 Å². The Morgan fingerprint density at radius 3 is 2.88 bits per heavy atom. The van der Waals surface area contributed by atoms with Gasteiger partial charge in [-0.05, 0) is 48.4 Å². The molecule has 5 heterocycles. The van der Waals surface area contributed by atoms with Gasteiger partial charge in [0.1, 0.15) is 5.69 Å². The SMILES string of the molecule is Cc1cccc(-c2n[nH]cc2C2=C\C=C\c3cc(-c4ccc5c(n4)CCNC5)cnc3/C=C\2)n1. The van der Waals surface area contributed by atoms with Crippen molar-refractivity contribution in [2.24, 2.45) is 0 Å². The van der Waals surface area contributed by atoms with E-state index in [1.165, 1.54) is 11.3 Å². The van der Waals surface area contributed by atoms with E-state index in [2.05, 4.69) is 69.1 Å². The lowest BCUT2D eigenvalue weighted by Crippen LogP contribution is -2.24. The summed E-state index contributed by atoms with van der Waals surface area (Å²) in [5.41, 5.74) is 11.2. The average molecular weight is 445 g/mol. The Bertz CT molecular complexity index is 1470. The number of allylic oxidation sites excluding steroid dienone is 4. The number of hydrogen-bond acceptors (Lipinski definition) is 5. The molecule has 0 spiro atoms. The summed E-state index contributed by atoms with van der Waals surface area (Å²) < 4.78 is 0. The van der Waals surface area contributed by atoms with Crippen LogP contribution >= 0.6 is 0 Å². The van der Waals surface area contributed by atoms with Gasteiger partial charge in [0, 0.05) is 60.0 Å². The molecule has 34 heavy (non-hydrogen) atoms. The molecule has 0 saturated heterocycles. The maximum absolute atomic E-state index is 4.91. The van der Waals surface area contributed by atoms with Gasteiger partial charge in [0.05, 0.1) is 17.1 Å². The maximum Gasteiger partial charge on any atom is 0.118 e. The second-order valence-electron chi connectivity index (χ2n) is 8.55. The molecule has 0 saturated carbocycles. The van der Waals surface area contributed by atoms with Gasteiger partial charge in [-0.15, -0.1) is 0 Å². The molecule has 0 radical (unpaired) electrons. The van der Waals surface area contributed by atoms with Crippen LogP contribution in [-0.4, -0.2) is 31.7 Å². The molecule has 166 valence electrons. The number of aromatic nitrogens is 5. The Hall–Kier alpha value is -4.16. The third-order valence-corrected chi connectivity index (χ3v) is 6.22. The predicted octanol–water partition coefficient (Wildman–Crippen LogP) is 5.01. The molecule has 0 fully saturated rings. The Morgan fingerprint density at radius 2 is 1.94 bits per heavy atom. The molecule has 0 unspecified atom stereocenters. The van der Waals surface area contributed by atoms with Crippen LogP contribution in [0.2, 0.25) is 0 Å². The Kier molecular flexibility index (Phi) is 5.20. The van der Waals surface area contributed by atoms with Crippen molar-refractivity contribution in [1.29, 1.82) is 0 Å². The lowest BCUT2D eigenvalue weighted by molar-refractivity contribution is 0.631. The van der Waals surface area contributed by atoms with E-state index in [0.717, 1.165) is 70.2 Å². The number of hydrogen-bond donors (Lipinski definition) is 2. The van der Waals surface area contributed by atoms with E-state index in [1.807, 2.05) is 37.5 Å². The summed E-state index contributed by atoms with van der Waals surface area (Å²) in [6.07, 6.45) is 15.2. The van der Waals surface area contributed by atoms with Crippen molar-refractivity contribution in [2.75, 3.05) is 6.54 Å². The highest BCUT2D eigenvalue weighted by molar-refractivity contribution is 5.88. The fourth-order valence-corrected chi connectivity index (χ4v) is 4.44. The molecule has 0 atom stereocenters. The van der Waals surface area contributed by atoms with Gasteiger partial charge in [0.2, 0.25) is 0 Å². The van der Waals surface area contributed by atoms with Crippen LogP contribution in [0.4, 0.5) is 0 Å². The zero-order valence-corrected chi connectivity index (χ0v) is 18.9. The zero-order chi connectivity index (χ0) is 22.9. The van der Waals surface area contributed by atoms with E-state index in [0.29, 0.717) is 0 Å². The predicted molar refractivity (Wildman–Crippen MR) is 135 cm³/mol. The van der Waals surface area contributed by atoms with Gasteiger partial charge >= 0.3 is 0 Å². The minimum Gasteiger partial charge on any atom is -0.312 e. The van der Waals surface area contributed by atoms with Crippen molar-refractivity contribution in [3.8, 4) is 22.6 Å². The van der Waals surface area contributed by atoms with Crippen molar-refractivity contribution in [3.63, 3.8) is 0 Å². The van der Waals surface area contributed by atoms with Crippen molar-refractivity contribution in [1.82, 2.24) is 30.5 Å². The average Bonchev–Trinajstić information content (AvgIpc) is 3.34. The zero-order valence-electron chi connectivity index (χ0n) is 18.9. The molecule has 6 rings (SSSR count). The lowest BCUT2D eigenvalue weighted by atomic mass is 9.99. The second kappa shape index (κ2) is 8.65. The van der Waals surface area contributed by atoms with E-state index >= 15 is 0 Å². The smallest absolute Gasteiger partial charge is 0.118 e. The largest absolute Gasteiger partial charge is 0.312 e. The molecule has 4 aromatic heterocycles. The fourth-order valence-electron chi connectivity index (χ4n) is 4.44. The number of pyridine rings is 3.